The van der Waals surface area contributed by atoms with E-state index in [9.17, 15) is 19.2 Å². The molecule has 0 atom stereocenters. The number of nitrogens with one attached hydrogen (secondary N) is 3. The lowest BCUT2D eigenvalue weighted by molar-refractivity contribution is -0.136. The number of carbonyl (C=O) groups is 4. The van der Waals surface area contributed by atoms with E-state index < -0.39 is 23.7 Å². The number of hydrogen-bond acceptors (Lipinski definition) is 6. The van der Waals surface area contributed by atoms with Crippen LogP contribution in [0.5, 0.6) is 5.75 Å². The Morgan fingerprint density at radius 1 is 0.750 bits per heavy atom. The molecule has 0 saturated carbocycles. The van der Waals surface area contributed by atoms with Crippen LogP contribution in [0.4, 0.5) is 11.4 Å². The standard InChI is InChI=1S/C29H20BrIN4O5/c30-19-11-13-20(14-12-19)33-26(36)23-6-2-4-8-25(23)34-27(37)28(38)35-32-17-18-9-15-21(16-10-18)40-29(39)22-5-1-3-7-24(22)31/h1-17H,(H,33,36)(H,34,37)(H,35,38). The van der Waals surface area contributed by atoms with Crippen LogP contribution >= 0.6 is 38.5 Å². The van der Waals surface area contributed by atoms with Crippen molar-refractivity contribution in [1.29, 1.82) is 0 Å². The molecule has 0 aliphatic heterocycles. The van der Waals surface area contributed by atoms with Crippen LogP contribution in [0.3, 0.4) is 0 Å². The summed E-state index contributed by atoms with van der Waals surface area (Å²) in [4.78, 5) is 49.8. The Bertz CT molecular complexity index is 1590. The molecule has 0 saturated heterocycles. The first-order chi connectivity index (χ1) is 19.3. The number of nitrogens with zero attached hydrogens (tertiary/aromatic N) is 1. The third kappa shape index (κ3) is 7.83. The van der Waals surface area contributed by atoms with E-state index in [4.69, 9.17) is 4.74 Å². The smallest absolute Gasteiger partial charge is 0.344 e. The third-order valence-electron chi connectivity index (χ3n) is 5.29. The maximum Gasteiger partial charge on any atom is 0.344 e. The van der Waals surface area contributed by atoms with Gasteiger partial charge in [-0.25, -0.2) is 10.2 Å². The van der Waals surface area contributed by atoms with Crippen LogP contribution in [0.1, 0.15) is 26.3 Å². The zero-order valence-corrected chi connectivity index (χ0v) is 24.3. The van der Waals surface area contributed by atoms with Gasteiger partial charge in [0.1, 0.15) is 5.75 Å². The van der Waals surface area contributed by atoms with E-state index in [0.717, 1.165) is 8.04 Å². The lowest BCUT2D eigenvalue weighted by Gasteiger charge is -2.11. The molecule has 4 aromatic carbocycles. The number of hydrazone groups is 1. The molecule has 0 unspecified atom stereocenters. The van der Waals surface area contributed by atoms with Crippen molar-refractivity contribution in [2.75, 3.05) is 10.6 Å². The fourth-order valence-electron chi connectivity index (χ4n) is 3.33. The summed E-state index contributed by atoms with van der Waals surface area (Å²) in [6, 6.07) is 26.8. The van der Waals surface area contributed by atoms with Gasteiger partial charge in [0.05, 0.1) is 23.0 Å². The normalized spacial score (nSPS) is 10.6. The summed E-state index contributed by atoms with van der Waals surface area (Å²) in [7, 11) is 0. The van der Waals surface area contributed by atoms with Crippen LogP contribution < -0.4 is 20.8 Å². The average molecular weight is 711 g/mol. The molecule has 0 spiro atoms. The molecule has 0 aromatic heterocycles. The van der Waals surface area contributed by atoms with Gasteiger partial charge in [-0.3, -0.25) is 14.4 Å². The number of halogens is 2. The van der Waals surface area contributed by atoms with E-state index in [1.165, 1.54) is 18.3 Å². The highest BCUT2D eigenvalue weighted by atomic mass is 127. The number of anilines is 2. The van der Waals surface area contributed by atoms with E-state index >= 15 is 0 Å². The topological polar surface area (TPSA) is 126 Å². The third-order valence-corrected chi connectivity index (χ3v) is 6.76. The monoisotopic (exact) mass is 710 g/mol. The summed E-state index contributed by atoms with van der Waals surface area (Å²) < 4.78 is 7.03. The van der Waals surface area contributed by atoms with Crippen molar-refractivity contribution >= 4 is 79.8 Å². The van der Waals surface area contributed by atoms with Gasteiger partial charge in [0.2, 0.25) is 0 Å². The molecule has 0 fully saturated rings. The second-order valence-corrected chi connectivity index (χ2v) is 10.2. The summed E-state index contributed by atoms with van der Waals surface area (Å²) in [6.45, 7) is 0. The van der Waals surface area contributed by atoms with Gasteiger partial charge < -0.3 is 15.4 Å². The number of amides is 3. The molecule has 0 heterocycles. The molecule has 3 amide bonds. The first kappa shape index (κ1) is 28.6. The summed E-state index contributed by atoms with van der Waals surface area (Å²) in [5.41, 5.74) is 4.11. The summed E-state index contributed by atoms with van der Waals surface area (Å²) in [5.74, 6) is -2.62. The van der Waals surface area contributed by atoms with Crippen LogP contribution in [0.15, 0.2) is 107 Å². The Kier molecular flexibility index (Phi) is 9.76. The molecule has 0 radical (unpaired) electrons. The Morgan fingerprint density at radius 3 is 2.10 bits per heavy atom. The minimum atomic E-state index is -1.03. The lowest BCUT2D eigenvalue weighted by atomic mass is 10.1. The minimum absolute atomic E-state index is 0.163. The molecule has 4 rings (SSSR count). The summed E-state index contributed by atoms with van der Waals surface area (Å²) in [6.07, 6.45) is 1.33. The SMILES string of the molecule is O=C(NN=Cc1ccc(OC(=O)c2ccccc2I)cc1)C(=O)Nc1ccccc1C(=O)Nc1ccc(Br)cc1. The highest BCUT2D eigenvalue weighted by Gasteiger charge is 2.18. The number of ether oxygens (including phenoxy) is 1. The number of benzene rings is 4. The lowest BCUT2D eigenvalue weighted by Crippen LogP contribution is -2.33. The molecule has 40 heavy (non-hydrogen) atoms. The van der Waals surface area contributed by atoms with E-state index in [0.29, 0.717) is 22.6 Å². The molecule has 11 heteroatoms. The molecule has 9 nitrogen and oxygen atoms in total. The molecular weight excluding hydrogens is 691 g/mol. The summed E-state index contributed by atoms with van der Waals surface area (Å²) >= 11 is 5.40. The molecule has 3 N–H and O–H groups in total. The second-order valence-electron chi connectivity index (χ2n) is 8.10. The van der Waals surface area contributed by atoms with Crippen molar-refractivity contribution < 1.29 is 23.9 Å². The zero-order chi connectivity index (χ0) is 28.5. The fourth-order valence-corrected chi connectivity index (χ4v) is 4.20. The largest absolute Gasteiger partial charge is 0.423 e. The van der Waals surface area contributed by atoms with Crippen molar-refractivity contribution in [2.24, 2.45) is 5.10 Å². The van der Waals surface area contributed by atoms with Gasteiger partial charge in [-0.2, -0.15) is 5.10 Å². The van der Waals surface area contributed by atoms with E-state index in [1.807, 2.05) is 12.1 Å². The van der Waals surface area contributed by atoms with Crippen LogP contribution in [0.25, 0.3) is 0 Å². The molecule has 4 aromatic rings. The van der Waals surface area contributed by atoms with Gasteiger partial charge in [0.25, 0.3) is 5.91 Å². The predicted octanol–water partition coefficient (Wildman–Crippen LogP) is 5.61. The average Bonchev–Trinajstić information content (AvgIpc) is 2.95. The van der Waals surface area contributed by atoms with Gasteiger partial charge in [0, 0.05) is 13.7 Å². The van der Waals surface area contributed by atoms with E-state index in [1.54, 1.807) is 72.8 Å². The number of esters is 1. The number of para-hydroxylation sites is 1. The Labute approximate surface area is 251 Å². The Hall–Kier alpha value is -4.36. The van der Waals surface area contributed by atoms with Crippen LogP contribution in [-0.4, -0.2) is 29.9 Å². The van der Waals surface area contributed by atoms with Crippen molar-refractivity contribution in [2.45, 2.75) is 0 Å². The first-order valence-corrected chi connectivity index (χ1v) is 13.5. The van der Waals surface area contributed by atoms with Gasteiger partial charge in [-0.15, -0.1) is 0 Å². The summed E-state index contributed by atoms with van der Waals surface area (Å²) in [5, 5.41) is 8.98. The quantitative estimate of drug-likeness (QED) is 0.0574. The molecule has 0 aliphatic rings. The van der Waals surface area contributed by atoms with Gasteiger partial charge in [0.15, 0.2) is 0 Å². The molecular formula is C29H20BrIN4O5. The van der Waals surface area contributed by atoms with Crippen LogP contribution in [0.2, 0.25) is 0 Å². The molecule has 0 bridgehead atoms. The highest BCUT2D eigenvalue weighted by molar-refractivity contribution is 14.1. The van der Waals surface area contributed by atoms with Crippen LogP contribution in [-0.2, 0) is 9.59 Å². The Morgan fingerprint density at radius 2 is 1.40 bits per heavy atom. The van der Waals surface area contributed by atoms with Crippen molar-refractivity contribution in [3.63, 3.8) is 0 Å². The predicted molar refractivity (Wildman–Crippen MR) is 163 cm³/mol. The maximum absolute atomic E-state index is 12.7. The van der Waals surface area contributed by atoms with Crippen LogP contribution in [0, 0.1) is 3.57 Å². The van der Waals surface area contributed by atoms with Crippen molar-refractivity contribution in [3.8, 4) is 5.75 Å². The van der Waals surface area contributed by atoms with Gasteiger partial charge >= 0.3 is 17.8 Å². The van der Waals surface area contributed by atoms with E-state index in [-0.39, 0.29) is 11.3 Å². The maximum atomic E-state index is 12.7. The van der Waals surface area contributed by atoms with Crippen molar-refractivity contribution in [1.82, 2.24) is 5.43 Å². The Balaban J connectivity index is 1.31. The second kappa shape index (κ2) is 13.6. The number of rotatable bonds is 7. The molecule has 0 aliphatic carbocycles. The van der Waals surface area contributed by atoms with Gasteiger partial charge in [-0.05, 0) is 101 Å². The first-order valence-electron chi connectivity index (χ1n) is 11.7. The number of carbonyl (C=O) groups excluding carboxylic acids is 4. The van der Waals surface area contributed by atoms with Gasteiger partial charge in [-0.1, -0.05) is 40.2 Å². The highest BCUT2D eigenvalue weighted by Crippen LogP contribution is 2.20. The van der Waals surface area contributed by atoms with Crippen molar-refractivity contribution in [3.05, 3.63) is 122 Å². The fraction of sp³-hybridized carbons (Fsp3) is 0. The van der Waals surface area contributed by atoms with E-state index in [2.05, 4.69) is 59.7 Å². The molecule has 200 valence electrons. The number of hydrogen-bond donors (Lipinski definition) is 3. The minimum Gasteiger partial charge on any atom is -0.423 e. The zero-order valence-electron chi connectivity index (χ0n) is 20.6.